The lowest BCUT2D eigenvalue weighted by Crippen LogP contribution is -2.38. The Balaban J connectivity index is 2.28. The lowest BCUT2D eigenvalue weighted by Gasteiger charge is -2.24. The quantitative estimate of drug-likeness (QED) is 0.818. The monoisotopic (exact) mass is 250 g/mol. The highest BCUT2D eigenvalue weighted by atomic mass is 16.1. The third kappa shape index (κ3) is 2.90. The Bertz CT molecular complexity index is 451. The van der Waals surface area contributed by atoms with Gasteiger partial charge in [0.05, 0.1) is 0 Å². The molecule has 1 aliphatic rings. The standard InChI is InChI=1S/C13H22N4O/c1-10(2)9-16(7-5-14)12-13(18)17(8-6-15-12)11-3-4-11/h6,8,10-11H,3-5,7,9,14H2,1-2H3. The summed E-state index contributed by atoms with van der Waals surface area (Å²) in [5, 5.41) is 0. The molecule has 1 aromatic rings. The maximum absolute atomic E-state index is 12.4. The summed E-state index contributed by atoms with van der Waals surface area (Å²) in [7, 11) is 0. The molecule has 5 nitrogen and oxygen atoms in total. The molecular weight excluding hydrogens is 228 g/mol. The van der Waals surface area contributed by atoms with Crippen LogP contribution in [-0.4, -0.2) is 29.2 Å². The number of anilines is 1. The van der Waals surface area contributed by atoms with Gasteiger partial charge in [-0.25, -0.2) is 4.98 Å². The minimum Gasteiger partial charge on any atom is -0.351 e. The van der Waals surface area contributed by atoms with Crippen LogP contribution in [-0.2, 0) is 0 Å². The van der Waals surface area contributed by atoms with Crippen LogP contribution in [0.4, 0.5) is 5.82 Å². The van der Waals surface area contributed by atoms with Gasteiger partial charge in [0.15, 0.2) is 5.82 Å². The van der Waals surface area contributed by atoms with Gasteiger partial charge >= 0.3 is 0 Å². The van der Waals surface area contributed by atoms with Crippen LogP contribution >= 0.6 is 0 Å². The highest BCUT2D eigenvalue weighted by Crippen LogP contribution is 2.33. The zero-order valence-electron chi connectivity index (χ0n) is 11.2. The van der Waals surface area contributed by atoms with Crippen molar-refractivity contribution in [2.24, 2.45) is 11.7 Å². The average molecular weight is 250 g/mol. The van der Waals surface area contributed by atoms with Crippen LogP contribution in [0, 0.1) is 5.92 Å². The summed E-state index contributed by atoms with van der Waals surface area (Å²) in [6.07, 6.45) is 5.72. The van der Waals surface area contributed by atoms with E-state index in [4.69, 9.17) is 5.73 Å². The van der Waals surface area contributed by atoms with Gasteiger partial charge in [0.2, 0.25) is 0 Å². The summed E-state index contributed by atoms with van der Waals surface area (Å²) in [6, 6.07) is 0.387. The minimum atomic E-state index is 0.0223. The first kappa shape index (κ1) is 13.1. The predicted molar refractivity (Wildman–Crippen MR) is 72.9 cm³/mol. The molecule has 0 spiro atoms. The van der Waals surface area contributed by atoms with Crippen molar-refractivity contribution < 1.29 is 0 Å². The van der Waals surface area contributed by atoms with Crippen LogP contribution < -0.4 is 16.2 Å². The van der Waals surface area contributed by atoms with Gasteiger partial charge in [-0.15, -0.1) is 0 Å². The van der Waals surface area contributed by atoms with Gasteiger partial charge in [0, 0.05) is 38.1 Å². The van der Waals surface area contributed by atoms with E-state index in [2.05, 4.69) is 18.8 Å². The topological polar surface area (TPSA) is 64.2 Å². The van der Waals surface area contributed by atoms with Crippen molar-refractivity contribution >= 4 is 5.82 Å². The van der Waals surface area contributed by atoms with Crippen molar-refractivity contribution in [1.29, 1.82) is 0 Å². The van der Waals surface area contributed by atoms with E-state index < -0.39 is 0 Å². The summed E-state index contributed by atoms with van der Waals surface area (Å²) < 4.78 is 1.81. The van der Waals surface area contributed by atoms with Crippen molar-refractivity contribution in [3.63, 3.8) is 0 Å². The van der Waals surface area contributed by atoms with Gasteiger partial charge in [-0.3, -0.25) is 4.79 Å². The van der Waals surface area contributed by atoms with Crippen molar-refractivity contribution in [3.05, 3.63) is 22.7 Å². The largest absolute Gasteiger partial charge is 0.351 e. The summed E-state index contributed by atoms with van der Waals surface area (Å²) in [5.74, 6) is 1.02. The Labute approximate surface area is 108 Å². The van der Waals surface area contributed by atoms with Crippen molar-refractivity contribution in [2.75, 3.05) is 24.5 Å². The van der Waals surface area contributed by atoms with Crippen molar-refractivity contribution in [2.45, 2.75) is 32.7 Å². The molecule has 1 fully saturated rings. The number of nitrogens with two attached hydrogens (primary N) is 1. The fraction of sp³-hybridized carbons (Fsp3) is 0.692. The van der Waals surface area contributed by atoms with Crippen LogP contribution in [0.15, 0.2) is 17.2 Å². The molecule has 0 amide bonds. The van der Waals surface area contributed by atoms with Crippen LogP contribution in [0.25, 0.3) is 0 Å². The van der Waals surface area contributed by atoms with Gasteiger partial charge < -0.3 is 15.2 Å². The van der Waals surface area contributed by atoms with Gasteiger partial charge in [0.1, 0.15) is 0 Å². The third-order valence-corrected chi connectivity index (χ3v) is 3.07. The van der Waals surface area contributed by atoms with E-state index in [0.717, 1.165) is 19.4 Å². The normalized spacial score (nSPS) is 15.1. The van der Waals surface area contributed by atoms with E-state index in [-0.39, 0.29) is 5.56 Å². The molecule has 0 atom stereocenters. The summed E-state index contributed by atoms with van der Waals surface area (Å²) in [6.45, 7) is 6.28. The molecule has 1 heterocycles. The van der Waals surface area contributed by atoms with Crippen LogP contribution in [0.5, 0.6) is 0 Å². The lowest BCUT2D eigenvalue weighted by molar-refractivity contribution is 0.597. The first-order valence-corrected chi connectivity index (χ1v) is 6.65. The number of aromatic nitrogens is 2. The van der Waals surface area contributed by atoms with E-state index in [1.165, 1.54) is 0 Å². The molecule has 2 N–H and O–H groups in total. The second-order valence-corrected chi connectivity index (χ2v) is 5.32. The van der Waals surface area contributed by atoms with Crippen LogP contribution in [0.2, 0.25) is 0 Å². The first-order valence-electron chi connectivity index (χ1n) is 6.65. The van der Waals surface area contributed by atoms with Gasteiger partial charge in [-0.2, -0.15) is 0 Å². The smallest absolute Gasteiger partial charge is 0.293 e. The molecule has 0 aromatic carbocycles. The second-order valence-electron chi connectivity index (χ2n) is 5.32. The molecule has 1 aliphatic carbocycles. The Morgan fingerprint density at radius 1 is 1.56 bits per heavy atom. The van der Waals surface area contributed by atoms with E-state index in [9.17, 15) is 4.79 Å². The van der Waals surface area contributed by atoms with Gasteiger partial charge in [-0.1, -0.05) is 13.8 Å². The fourth-order valence-electron chi connectivity index (χ4n) is 2.15. The van der Waals surface area contributed by atoms with Gasteiger partial charge in [-0.05, 0) is 18.8 Å². The molecule has 100 valence electrons. The Hall–Kier alpha value is -1.36. The summed E-state index contributed by atoms with van der Waals surface area (Å²) in [5.41, 5.74) is 5.65. The molecule has 1 saturated carbocycles. The maximum atomic E-state index is 12.4. The summed E-state index contributed by atoms with van der Waals surface area (Å²) >= 11 is 0. The third-order valence-electron chi connectivity index (χ3n) is 3.07. The highest BCUT2D eigenvalue weighted by Gasteiger charge is 2.26. The first-order chi connectivity index (χ1) is 8.63. The zero-order valence-corrected chi connectivity index (χ0v) is 11.2. The van der Waals surface area contributed by atoms with Crippen LogP contribution in [0.1, 0.15) is 32.7 Å². The maximum Gasteiger partial charge on any atom is 0.293 e. The Kier molecular flexibility index (Phi) is 4.01. The number of hydrogen-bond donors (Lipinski definition) is 1. The van der Waals surface area contributed by atoms with E-state index in [1.807, 2.05) is 9.47 Å². The summed E-state index contributed by atoms with van der Waals surface area (Å²) in [4.78, 5) is 18.6. The Morgan fingerprint density at radius 2 is 2.28 bits per heavy atom. The molecule has 0 aliphatic heterocycles. The lowest BCUT2D eigenvalue weighted by atomic mass is 10.2. The SMILES string of the molecule is CC(C)CN(CCN)c1nccn(C2CC2)c1=O. The number of nitrogens with zero attached hydrogens (tertiary/aromatic N) is 3. The van der Waals surface area contributed by atoms with E-state index >= 15 is 0 Å². The zero-order chi connectivity index (χ0) is 13.1. The average Bonchev–Trinajstić information content (AvgIpc) is 3.12. The molecule has 5 heteroatoms. The molecule has 0 bridgehead atoms. The van der Waals surface area contributed by atoms with E-state index in [0.29, 0.717) is 30.9 Å². The minimum absolute atomic E-state index is 0.0223. The molecule has 0 saturated heterocycles. The van der Waals surface area contributed by atoms with Crippen LogP contribution in [0.3, 0.4) is 0 Å². The Morgan fingerprint density at radius 3 is 2.83 bits per heavy atom. The van der Waals surface area contributed by atoms with Crippen molar-refractivity contribution in [3.8, 4) is 0 Å². The molecule has 0 unspecified atom stereocenters. The van der Waals surface area contributed by atoms with E-state index in [1.54, 1.807) is 12.4 Å². The molecule has 1 aromatic heterocycles. The number of hydrogen-bond acceptors (Lipinski definition) is 4. The highest BCUT2D eigenvalue weighted by molar-refractivity contribution is 5.36. The molecule has 0 radical (unpaired) electrons. The number of rotatable bonds is 6. The molecule has 18 heavy (non-hydrogen) atoms. The molecule has 2 rings (SSSR count). The predicted octanol–water partition coefficient (Wildman–Crippen LogP) is 0.999. The molecular formula is C13H22N4O. The van der Waals surface area contributed by atoms with Gasteiger partial charge in [0.25, 0.3) is 5.56 Å². The van der Waals surface area contributed by atoms with Crippen molar-refractivity contribution in [1.82, 2.24) is 9.55 Å². The second kappa shape index (κ2) is 5.52. The fourth-order valence-corrected chi connectivity index (χ4v) is 2.15.